The molecule has 2 heterocycles. The van der Waals surface area contributed by atoms with Crippen molar-refractivity contribution < 1.29 is 0 Å². The molecular weight excluding hydrogens is 266 g/mol. The number of piperidine rings is 1. The maximum Gasteiger partial charge on any atom is 0.113 e. The summed E-state index contributed by atoms with van der Waals surface area (Å²) in [6.45, 7) is 14.8. The summed E-state index contributed by atoms with van der Waals surface area (Å²) < 4.78 is 0. The van der Waals surface area contributed by atoms with Gasteiger partial charge in [-0.3, -0.25) is 0 Å². The van der Waals surface area contributed by atoms with Crippen molar-refractivity contribution >= 4 is 11.3 Å². The van der Waals surface area contributed by atoms with E-state index in [9.17, 15) is 0 Å². The monoisotopic (exact) mass is 295 g/mol. The Morgan fingerprint density at radius 2 is 1.95 bits per heavy atom. The van der Waals surface area contributed by atoms with Crippen molar-refractivity contribution in [3.63, 3.8) is 0 Å². The quantitative estimate of drug-likeness (QED) is 0.902. The van der Waals surface area contributed by atoms with E-state index in [1.54, 1.807) is 0 Å². The minimum absolute atomic E-state index is 0.0978. The molecule has 1 aromatic heterocycles. The molecule has 1 aliphatic rings. The number of thiazole rings is 1. The van der Waals surface area contributed by atoms with Gasteiger partial charge in [0.15, 0.2) is 0 Å². The summed E-state index contributed by atoms with van der Waals surface area (Å²) in [5.74, 6) is 0.752. The molecule has 2 rings (SSSR count). The molecule has 0 bridgehead atoms. The Morgan fingerprint density at radius 1 is 1.30 bits per heavy atom. The van der Waals surface area contributed by atoms with Crippen LogP contribution in [-0.4, -0.2) is 35.6 Å². The number of hydrogen-bond acceptors (Lipinski definition) is 4. The topological polar surface area (TPSA) is 28.2 Å². The number of likely N-dealkylation sites (tertiary alicyclic amines) is 1. The fourth-order valence-corrected chi connectivity index (χ4v) is 4.20. The van der Waals surface area contributed by atoms with Crippen LogP contribution in [0.25, 0.3) is 0 Å². The zero-order valence-electron chi connectivity index (χ0n) is 13.6. The number of aromatic nitrogens is 1. The molecule has 0 unspecified atom stereocenters. The summed E-state index contributed by atoms with van der Waals surface area (Å²) in [6.07, 6.45) is 2.34. The molecule has 0 aliphatic carbocycles. The van der Waals surface area contributed by atoms with Gasteiger partial charge in [-0.2, -0.15) is 0 Å². The summed E-state index contributed by atoms with van der Waals surface area (Å²) in [5.41, 5.74) is 1.25. The average molecular weight is 295 g/mol. The van der Waals surface area contributed by atoms with Crippen LogP contribution in [0.4, 0.5) is 0 Å². The smallest absolute Gasteiger partial charge is 0.113 e. The van der Waals surface area contributed by atoms with Gasteiger partial charge in [0.05, 0.1) is 5.54 Å². The summed E-state index contributed by atoms with van der Waals surface area (Å²) in [6, 6.07) is 0.496. The Hall–Kier alpha value is -0.450. The highest BCUT2D eigenvalue weighted by atomic mass is 32.1. The lowest BCUT2D eigenvalue weighted by Crippen LogP contribution is -2.53. The third kappa shape index (κ3) is 3.80. The molecule has 0 amide bonds. The molecule has 114 valence electrons. The van der Waals surface area contributed by atoms with Crippen LogP contribution in [0.5, 0.6) is 0 Å². The SMILES string of the molecule is Cc1csc(C2(NC(C)C)CCN(CC(C)C)CC2)n1. The fourth-order valence-electron chi connectivity index (χ4n) is 3.18. The van der Waals surface area contributed by atoms with E-state index in [-0.39, 0.29) is 5.54 Å². The normalized spacial score (nSPS) is 19.9. The van der Waals surface area contributed by atoms with E-state index in [0.29, 0.717) is 6.04 Å². The number of hydrogen-bond donors (Lipinski definition) is 1. The van der Waals surface area contributed by atoms with Crippen LogP contribution >= 0.6 is 11.3 Å². The van der Waals surface area contributed by atoms with Gasteiger partial charge in [-0.25, -0.2) is 4.98 Å². The number of rotatable bonds is 5. The van der Waals surface area contributed by atoms with Crippen LogP contribution in [-0.2, 0) is 5.54 Å². The second-order valence-corrected chi connectivity index (χ2v) is 7.73. The third-order valence-electron chi connectivity index (χ3n) is 3.93. The Labute approximate surface area is 127 Å². The van der Waals surface area contributed by atoms with E-state index in [1.807, 2.05) is 11.3 Å². The van der Waals surface area contributed by atoms with Crippen molar-refractivity contribution in [3.05, 3.63) is 16.1 Å². The third-order valence-corrected chi connectivity index (χ3v) is 5.09. The molecule has 3 nitrogen and oxygen atoms in total. The number of nitrogens with one attached hydrogen (secondary N) is 1. The molecule has 1 aromatic rings. The van der Waals surface area contributed by atoms with Crippen LogP contribution in [0.1, 0.15) is 51.2 Å². The van der Waals surface area contributed by atoms with Gasteiger partial charge in [-0.15, -0.1) is 11.3 Å². The van der Waals surface area contributed by atoms with Crippen molar-refractivity contribution in [3.8, 4) is 0 Å². The summed E-state index contributed by atoms with van der Waals surface area (Å²) in [5, 5.41) is 7.29. The number of aryl methyl sites for hydroxylation is 1. The lowest BCUT2D eigenvalue weighted by molar-refractivity contribution is 0.117. The first-order valence-electron chi connectivity index (χ1n) is 7.84. The van der Waals surface area contributed by atoms with Gasteiger partial charge in [0.2, 0.25) is 0 Å². The van der Waals surface area contributed by atoms with E-state index in [0.717, 1.165) is 11.6 Å². The van der Waals surface area contributed by atoms with E-state index in [1.165, 1.54) is 37.5 Å². The Balaban J connectivity index is 2.11. The van der Waals surface area contributed by atoms with Crippen molar-refractivity contribution in [1.29, 1.82) is 0 Å². The fraction of sp³-hybridized carbons (Fsp3) is 0.812. The zero-order valence-corrected chi connectivity index (χ0v) is 14.4. The highest BCUT2D eigenvalue weighted by Gasteiger charge is 2.38. The van der Waals surface area contributed by atoms with Crippen LogP contribution in [0.3, 0.4) is 0 Å². The first-order valence-corrected chi connectivity index (χ1v) is 8.72. The lowest BCUT2D eigenvalue weighted by atomic mass is 9.87. The van der Waals surface area contributed by atoms with Crippen LogP contribution in [0.15, 0.2) is 5.38 Å². The number of nitrogens with zero attached hydrogens (tertiary/aromatic N) is 2. The first-order chi connectivity index (χ1) is 9.41. The Morgan fingerprint density at radius 3 is 2.40 bits per heavy atom. The predicted molar refractivity (Wildman–Crippen MR) is 87.3 cm³/mol. The van der Waals surface area contributed by atoms with Gasteiger partial charge >= 0.3 is 0 Å². The minimum atomic E-state index is 0.0978. The molecule has 0 spiro atoms. The van der Waals surface area contributed by atoms with Crippen LogP contribution in [0.2, 0.25) is 0 Å². The molecule has 1 fully saturated rings. The molecule has 0 atom stereocenters. The van der Waals surface area contributed by atoms with Crippen molar-refractivity contribution in [2.75, 3.05) is 19.6 Å². The van der Waals surface area contributed by atoms with Crippen molar-refractivity contribution in [2.45, 2.75) is 59.0 Å². The van der Waals surface area contributed by atoms with Crippen LogP contribution < -0.4 is 5.32 Å². The van der Waals surface area contributed by atoms with Gasteiger partial charge in [-0.05, 0) is 39.5 Å². The summed E-state index contributed by atoms with van der Waals surface area (Å²) in [4.78, 5) is 7.39. The first kappa shape index (κ1) is 15.9. The molecule has 1 N–H and O–H groups in total. The van der Waals surface area contributed by atoms with Gasteiger partial charge in [0.25, 0.3) is 0 Å². The Bertz CT molecular complexity index is 417. The summed E-state index contributed by atoms with van der Waals surface area (Å²) in [7, 11) is 0. The Kier molecular flexibility index (Phi) is 5.21. The van der Waals surface area contributed by atoms with Gasteiger partial charge in [0, 0.05) is 36.8 Å². The van der Waals surface area contributed by atoms with Crippen molar-refractivity contribution in [1.82, 2.24) is 15.2 Å². The molecule has 20 heavy (non-hydrogen) atoms. The van der Waals surface area contributed by atoms with E-state index in [2.05, 4.69) is 50.2 Å². The largest absolute Gasteiger partial charge is 0.303 e. The molecule has 0 aromatic carbocycles. The second-order valence-electron chi connectivity index (χ2n) is 6.87. The molecular formula is C16H29N3S. The second kappa shape index (κ2) is 6.54. The van der Waals surface area contributed by atoms with E-state index >= 15 is 0 Å². The maximum atomic E-state index is 4.78. The minimum Gasteiger partial charge on any atom is -0.303 e. The maximum absolute atomic E-state index is 4.78. The van der Waals surface area contributed by atoms with Gasteiger partial charge in [0.1, 0.15) is 5.01 Å². The van der Waals surface area contributed by atoms with Gasteiger partial charge in [-0.1, -0.05) is 13.8 Å². The predicted octanol–water partition coefficient (Wildman–Crippen LogP) is 3.40. The van der Waals surface area contributed by atoms with Gasteiger partial charge < -0.3 is 10.2 Å². The summed E-state index contributed by atoms with van der Waals surface area (Å²) >= 11 is 1.82. The lowest BCUT2D eigenvalue weighted by Gasteiger charge is -2.43. The molecule has 1 aliphatic heterocycles. The van der Waals surface area contributed by atoms with E-state index < -0.39 is 0 Å². The highest BCUT2D eigenvalue weighted by molar-refractivity contribution is 7.09. The highest BCUT2D eigenvalue weighted by Crippen LogP contribution is 2.35. The van der Waals surface area contributed by atoms with Crippen LogP contribution in [0, 0.1) is 12.8 Å². The molecule has 0 radical (unpaired) electrons. The standard InChI is InChI=1S/C16H29N3S/c1-12(2)10-19-8-6-16(7-9-19,18-13(3)4)15-17-14(5)11-20-15/h11-13,18H,6-10H2,1-5H3. The molecule has 4 heteroatoms. The van der Waals surface area contributed by atoms with Crippen molar-refractivity contribution in [2.24, 2.45) is 5.92 Å². The molecule has 0 saturated carbocycles. The molecule has 1 saturated heterocycles. The average Bonchev–Trinajstić information content (AvgIpc) is 2.78. The van der Waals surface area contributed by atoms with E-state index in [4.69, 9.17) is 4.98 Å². The zero-order chi connectivity index (χ0) is 14.8.